The van der Waals surface area contributed by atoms with Crippen LogP contribution in [0.4, 0.5) is 11.4 Å². The number of benzene rings is 2. The first-order valence-corrected chi connectivity index (χ1v) is 6.58. The van der Waals surface area contributed by atoms with Crippen molar-refractivity contribution in [1.29, 1.82) is 0 Å². The fraction of sp³-hybridized carbons (Fsp3) is 0.333. The molecule has 0 saturated carbocycles. The van der Waals surface area contributed by atoms with Gasteiger partial charge in [-0.25, -0.2) is 0 Å². The van der Waals surface area contributed by atoms with Gasteiger partial charge in [-0.05, 0) is 36.5 Å². The summed E-state index contributed by atoms with van der Waals surface area (Å²) in [6.45, 7) is 2.31. The summed E-state index contributed by atoms with van der Waals surface area (Å²) in [5.74, 6) is 0. The molecule has 1 heterocycles. The van der Waals surface area contributed by atoms with Crippen molar-refractivity contribution in [2.24, 2.45) is 5.11 Å². The smallest absolute Gasteiger partial charge is 0.137 e. The first-order chi connectivity index (χ1) is 8.90. The van der Waals surface area contributed by atoms with Gasteiger partial charge in [-0.15, -0.1) is 0 Å². The third-order valence-electron chi connectivity index (χ3n) is 3.71. The molecule has 1 saturated heterocycles. The molecule has 0 radical (unpaired) electrons. The van der Waals surface area contributed by atoms with Crippen LogP contribution >= 0.6 is 0 Å². The number of nitrogens with zero attached hydrogens (tertiary/aromatic N) is 2. The Bertz CT molecular complexity index is 571. The average Bonchev–Trinajstić information content (AvgIpc) is 2.47. The van der Waals surface area contributed by atoms with Crippen LogP contribution in [0.15, 0.2) is 41.5 Å². The molecule has 0 amide bonds. The molecule has 1 aliphatic rings. The van der Waals surface area contributed by atoms with Crippen LogP contribution in [0, 0.1) is 0 Å². The van der Waals surface area contributed by atoms with E-state index in [9.17, 15) is 0 Å². The zero-order chi connectivity index (χ0) is 12.4. The highest BCUT2D eigenvalue weighted by atomic mass is 15.1. The molecule has 18 heavy (non-hydrogen) atoms. The van der Waals surface area contributed by atoms with Crippen LogP contribution in [-0.2, 0) is 0 Å². The van der Waals surface area contributed by atoms with Gasteiger partial charge in [0, 0.05) is 29.5 Å². The van der Waals surface area contributed by atoms with Gasteiger partial charge in [0.2, 0.25) is 0 Å². The minimum atomic E-state index is 0.867. The number of piperidine rings is 1. The van der Waals surface area contributed by atoms with Crippen LogP contribution in [0.3, 0.4) is 0 Å². The largest absolute Gasteiger partial charge is 0.371 e. The monoisotopic (exact) mass is 240 g/mol. The Hall–Kier alpha value is -1.90. The summed E-state index contributed by atoms with van der Waals surface area (Å²) in [4.78, 5) is 2.48. The van der Waals surface area contributed by atoms with Crippen molar-refractivity contribution >= 4 is 22.1 Å². The van der Waals surface area contributed by atoms with E-state index in [-0.39, 0.29) is 0 Å². The van der Waals surface area contributed by atoms with Gasteiger partial charge in [-0.3, -0.25) is 0 Å². The van der Waals surface area contributed by atoms with Crippen molar-refractivity contribution in [3.63, 3.8) is 0 Å². The second-order valence-corrected chi connectivity index (χ2v) is 4.83. The zero-order valence-electron chi connectivity index (χ0n) is 10.5. The summed E-state index contributed by atoms with van der Waals surface area (Å²) in [5.41, 5.74) is 7.64. The van der Waals surface area contributed by atoms with Crippen LogP contribution in [0.2, 0.25) is 0 Å². The minimum absolute atomic E-state index is 0.867. The topological polar surface area (TPSA) is 41.2 Å². The standard InChI is InChI=1S/C15H17N3/c16-17-14-8-9-15(18-10-4-1-5-11-18)13-7-3-2-6-12(13)14/h2-3,6-9,16H,1,4-5,10-11H2/p+1. The lowest BCUT2D eigenvalue weighted by molar-refractivity contribution is -0.210. The Morgan fingerprint density at radius 1 is 0.889 bits per heavy atom. The molecule has 0 aromatic heterocycles. The summed E-state index contributed by atoms with van der Waals surface area (Å²) in [6, 6.07) is 12.5. The molecule has 0 unspecified atom stereocenters. The lowest BCUT2D eigenvalue weighted by Crippen LogP contribution is -2.29. The molecule has 0 aliphatic carbocycles. The van der Waals surface area contributed by atoms with Crippen LogP contribution in [-0.4, -0.2) is 13.1 Å². The van der Waals surface area contributed by atoms with Gasteiger partial charge in [-0.1, -0.05) is 24.3 Å². The van der Waals surface area contributed by atoms with E-state index in [0.717, 1.165) is 24.2 Å². The van der Waals surface area contributed by atoms with Crippen LogP contribution in [0.25, 0.3) is 10.8 Å². The number of rotatable bonds is 2. The third kappa shape index (κ3) is 1.86. The molecule has 2 N–H and O–H groups in total. The van der Waals surface area contributed by atoms with Gasteiger partial charge in [-0.2, -0.15) is 5.53 Å². The van der Waals surface area contributed by atoms with E-state index in [4.69, 9.17) is 5.53 Å². The molecular formula is C15H18N3+. The lowest BCUT2D eigenvalue weighted by Gasteiger charge is -2.30. The normalized spacial score (nSPS) is 15.9. The predicted octanol–water partition coefficient (Wildman–Crippen LogP) is 2.67. The van der Waals surface area contributed by atoms with Crippen molar-refractivity contribution in [1.82, 2.24) is 0 Å². The molecule has 2 aromatic rings. The highest BCUT2D eigenvalue weighted by Crippen LogP contribution is 2.34. The highest BCUT2D eigenvalue weighted by Gasteiger charge is 2.14. The molecule has 0 spiro atoms. The Labute approximate surface area is 107 Å². The van der Waals surface area contributed by atoms with Crippen molar-refractivity contribution in [2.45, 2.75) is 19.3 Å². The Kier molecular flexibility index (Phi) is 2.97. The fourth-order valence-corrected chi connectivity index (χ4v) is 2.79. The molecular weight excluding hydrogens is 222 g/mol. The SMILES string of the molecule is [NH2+]=Nc1ccc(N2CCCCC2)c2ccccc12. The molecule has 1 fully saturated rings. The zero-order valence-corrected chi connectivity index (χ0v) is 10.5. The molecule has 92 valence electrons. The quantitative estimate of drug-likeness (QED) is 0.806. The van der Waals surface area contributed by atoms with Gasteiger partial charge >= 0.3 is 0 Å². The maximum absolute atomic E-state index is 5.46. The van der Waals surface area contributed by atoms with Gasteiger partial charge in [0.15, 0.2) is 0 Å². The van der Waals surface area contributed by atoms with Gasteiger partial charge in [0.1, 0.15) is 5.69 Å². The van der Waals surface area contributed by atoms with E-state index in [1.807, 2.05) is 12.1 Å². The van der Waals surface area contributed by atoms with E-state index >= 15 is 0 Å². The van der Waals surface area contributed by atoms with Gasteiger partial charge in [0.05, 0.1) is 0 Å². The van der Waals surface area contributed by atoms with E-state index in [0.29, 0.717) is 0 Å². The lowest BCUT2D eigenvalue weighted by atomic mass is 10.0. The first kappa shape index (κ1) is 11.2. The summed E-state index contributed by atoms with van der Waals surface area (Å²) >= 11 is 0. The second kappa shape index (κ2) is 4.77. The summed E-state index contributed by atoms with van der Waals surface area (Å²) in [7, 11) is 0. The average molecular weight is 240 g/mol. The maximum atomic E-state index is 5.46. The predicted molar refractivity (Wildman–Crippen MR) is 74.0 cm³/mol. The Morgan fingerprint density at radius 2 is 1.61 bits per heavy atom. The van der Waals surface area contributed by atoms with E-state index in [2.05, 4.69) is 34.3 Å². The molecule has 1 aliphatic heterocycles. The molecule has 3 nitrogen and oxygen atoms in total. The van der Waals surface area contributed by atoms with Crippen molar-refractivity contribution in [3.8, 4) is 0 Å². The summed E-state index contributed by atoms with van der Waals surface area (Å²) < 4.78 is 0. The number of fused-ring (bicyclic) bond motifs is 1. The summed E-state index contributed by atoms with van der Waals surface area (Å²) in [5, 5.41) is 6.26. The summed E-state index contributed by atoms with van der Waals surface area (Å²) in [6.07, 6.45) is 3.93. The molecule has 0 bridgehead atoms. The van der Waals surface area contributed by atoms with Crippen LogP contribution in [0.5, 0.6) is 0 Å². The maximum Gasteiger partial charge on any atom is 0.137 e. The number of hydrogen-bond donors (Lipinski definition) is 1. The van der Waals surface area contributed by atoms with Gasteiger partial charge < -0.3 is 4.90 Å². The Morgan fingerprint density at radius 3 is 2.33 bits per heavy atom. The van der Waals surface area contributed by atoms with Crippen LogP contribution in [0.1, 0.15) is 19.3 Å². The van der Waals surface area contributed by atoms with Crippen molar-refractivity contribution in [3.05, 3.63) is 36.4 Å². The van der Waals surface area contributed by atoms with Crippen molar-refractivity contribution < 1.29 is 5.53 Å². The molecule has 3 heteroatoms. The highest BCUT2D eigenvalue weighted by molar-refractivity contribution is 6.01. The minimum Gasteiger partial charge on any atom is -0.371 e. The van der Waals surface area contributed by atoms with E-state index in [1.54, 1.807) is 0 Å². The van der Waals surface area contributed by atoms with E-state index < -0.39 is 0 Å². The van der Waals surface area contributed by atoms with Crippen LogP contribution < -0.4 is 10.4 Å². The fourth-order valence-electron chi connectivity index (χ4n) is 2.79. The first-order valence-electron chi connectivity index (χ1n) is 6.58. The third-order valence-corrected chi connectivity index (χ3v) is 3.71. The molecule has 0 atom stereocenters. The van der Waals surface area contributed by atoms with Gasteiger partial charge in [0.25, 0.3) is 0 Å². The number of hydrogen-bond acceptors (Lipinski definition) is 2. The van der Waals surface area contributed by atoms with Crippen molar-refractivity contribution in [2.75, 3.05) is 18.0 Å². The Balaban J connectivity index is 2.14. The number of anilines is 1. The molecule has 2 aromatic carbocycles. The second-order valence-electron chi connectivity index (χ2n) is 4.83. The van der Waals surface area contributed by atoms with E-state index in [1.165, 1.54) is 30.3 Å². The molecule has 3 rings (SSSR count). The number of nitrogens with two attached hydrogens (primary N) is 1.